The molecule has 0 amide bonds. The minimum atomic E-state index is -1.29. The fraction of sp³-hybridized carbons (Fsp3) is 0.194. The van der Waals surface area contributed by atoms with Crippen molar-refractivity contribution in [3.05, 3.63) is 125 Å². The van der Waals surface area contributed by atoms with Gasteiger partial charge in [-0.2, -0.15) is 0 Å². The van der Waals surface area contributed by atoms with Crippen molar-refractivity contribution in [2.45, 2.75) is 12.6 Å². The van der Waals surface area contributed by atoms with Crippen molar-refractivity contribution < 1.29 is 19.4 Å². The van der Waals surface area contributed by atoms with E-state index in [1.807, 2.05) is 72.9 Å². The van der Waals surface area contributed by atoms with Gasteiger partial charge in [-0.1, -0.05) is 72.5 Å². The molecule has 2 heterocycles. The second-order valence-corrected chi connectivity index (χ2v) is 10.4. The van der Waals surface area contributed by atoms with Crippen LogP contribution in [0.15, 0.2) is 97.2 Å². The molecule has 1 aromatic heterocycles. The van der Waals surface area contributed by atoms with Crippen molar-refractivity contribution in [3.63, 3.8) is 0 Å². The second kappa shape index (κ2) is 12.5. The molecule has 42 heavy (non-hydrogen) atoms. The molecule has 6 heteroatoms. The number of carbonyl (C=O) groups is 1. The van der Waals surface area contributed by atoms with E-state index in [2.05, 4.69) is 27.8 Å². The molecule has 0 bridgehead atoms. The van der Waals surface area contributed by atoms with E-state index in [4.69, 9.17) is 9.47 Å². The SMILES string of the molecule is COc1cc(C#Cc2cccc(C(=O)C(O)c3ccccc3)c2-c2ccc3cc[nH]c3c2)ccc1CN1CCOCC1. The maximum atomic E-state index is 13.7. The molecule has 1 saturated heterocycles. The number of Topliss-reactive ketones (excluding diaryl/α,β-unsaturated/α-hetero) is 1. The lowest BCUT2D eigenvalue weighted by Gasteiger charge is -2.27. The molecule has 1 aliphatic rings. The number of hydrogen-bond donors (Lipinski definition) is 2. The molecule has 5 aromatic rings. The van der Waals surface area contributed by atoms with Gasteiger partial charge in [0, 0.05) is 59.2 Å². The van der Waals surface area contributed by atoms with Crippen LogP contribution in [0, 0.1) is 11.8 Å². The Balaban J connectivity index is 1.39. The van der Waals surface area contributed by atoms with Gasteiger partial charge < -0.3 is 19.6 Å². The van der Waals surface area contributed by atoms with Gasteiger partial charge in [0.25, 0.3) is 0 Å². The van der Waals surface area contributed by atoms with Crippen LogP contribution in [0.4, 0.5) is 0 Å². The number of aromatic nitrogens is 1. The van der Waals surface area contributed by atoms with E-state index in [0.717, 1.165) is 66.2 Å². The maximum Gasteiger partial charge on any atom is 0.196 e. The zero-order chi connectivity index (χ0) is 28.9. The lowest BCUT2D eigenvalue weighted by Crippen LogP contribution is -2.35. The largest absolute Gasteiger partial charge is 0.496 e. The van der Waals surface area contributed by atoms with Crippen LogP contribution in [0.3, 0.4) is 0 Å². The number of methoxy groups -OCH3 is 1. The maximum absolute atomic E-state index is 13.7. The Morgan fingerprint density at radius 3 is 2.62 bits per heavy atom. The van der Waals surface area contributed by atoms with Gasteiger partial charge in [-0.05, 0) is 46.8 Å². The van der Waals surface area contributed by atoms with E-state index in [9.17, 15) is 9.90 Å². The highest BCUT2D eigenvalue weighted by Crippen LogP contribution is 2.33. The number of carbonyl (C=O) groups excluding carboxylic acids is 1. The molecule has 1 atom stereocenters. The number of morpholine rings is 1. The fourth-order valence-corrected chi connectivity index (χ4v) is 5.40. The van der Waals surface area contributed by atoms with Crippen LogP contribution in [-0.4, -0.2) is 54.2 Å². The van der Waals surface area contributed by atoms with Gasteiger partial charge >= 0.3 is 0 Å². The number of ether oxygens (including phenoxy) is 2. The number of nitrogens with zero attached hydrogens (tertiary/aromatic N) is 1. The van der Waals surface area contributed by atoms with E-state index >= 15 is 0 Å². The number of ketones is 1. The van der Waals surface area contributed by atoms with Gasteiger partial charge in [0.05, 0.1) is 20.3 Å². The van der Waals surface area contributed by atoms with Crippen molar-refractivity contribution in [2.75, 3.05) is 33.4 Å². The van der Waals surface area contributed by atoms with Crippen LogP contribution in [0.1, 0.15) is 38.7 Å². The first kappa shape index (κ1) is 27.5. The zero-order valence-electron chi connectivity index (χ0n) is 23.5. The molecule has 1 aliphatic heterocycles. The van der Waals surface area contributed by atoms with E-state index in [1.54, 1.807) is 25.3 Å². The lowest BCUT2D eigenvalue weighted by molar-refractivity contribution is 0.0339. The lowest BCUT2D eigenvalue weighted by atomic mass is 9.89. The Labute approximate surface area is 245 Å². The smallest absolute Gasteiger partial charge is 0.196 e. The van der Waals surface area contributed by atoms with Crippen molar-refractivity contribution >= 4 is 16.7 Å². The molecule has 6 nitrogen and oxygen atoms in total. The first-order valence-electron chi connectivity index (χ1n) is 14.1. The van der Waals surface area contributed by atoms with Crippen LogP contribution < -0.4 is 4.74 Å². The van der Waals surface area contributed by atoms with Crippen molar-refractivity contribution in [1.29, 1.82) is 0 Å². The molecule has 1 fully saturated rings. The monoisotopic (exact) mass is 556 g/mol. The Bertz CT molecular complexity index is 1780. The summed E-state index contributed by atoms with van der Waals surface area (Å²) < 4.78 is 11.2. The van der Waals surface area contributed by atoms with Crippen LogP contribution in [0.5, 0.6) is 5.75 Å². The van der Waals surface area contributed by atoms with Crippen molar-refractivity contribution in [2.24, 2.45) is 0 Å². The van der Waals surface area contributed by atoms with Crippen LogP contribution in [-0.2, 0) is 11.3 Å². The van der Waals surface area contributed by atoms with E-state index in [-0.39, 0.29) is 5.78 Å². The summed E-state index contributed by atoms with van der Waals surface area (Å²) >= 11 is 0. The third kappa shape index (κ3) is 5.86. The number of rotatable bonds is 7. The first-order chi connectivity index (χ1) is 20.6. The number of hydrogen-bond acceptors (Lipinski definition) is 5. The second-order valence-electron chi connectivity index (χ2n) is 10.4. The molecular weight excluding hydrogens is 524 g/mol. The molecule has 6 rings (SSSR count). The van der Waals surface area contributed by atoms with Crippen LogP contribution in [0.2, 0.25) is 0 Å². The number of benzene rings is 4. The quantitative estimate of drug-likeness (QED) is 0.190. The average Bonchev–Trinajstić information content (AvgIpc) is 3.52. The molecule has 0 radical (unpaired) electrons. The molecular formula is C36H32N2O4. The van der Waals surface area contributed by atoms with Gasteiger partial charge in [-0.3, -0.25) is 9.69 Å². The Morgan fingerprint density at radius 2 is 1.81 bits per heavy atom. The summed E-state index contributed by atoms with van der Waals surface area (Å²) in [5.74, 6) is 7.03. The topological polar surface area (TPSA) is 74.8 Å². The molecule has 2 N–H and O–H groups in total. The number of nitrogens with one attached hydrogen (secondary N) is 1. The standard InChI is InChI=1S/C36H32N2O4/c1-41-33-22-25(11-13-30(33)24-38-18-20-42-21-19-38)10-12-27-8-5-9-31(36(40)35(39)28-6-3-2-4-7-28)34(27)29-15-14-26-16-17-37-32(26)23-29/h2-9,11,13-17,22-23,35,37,39H,18-21,24H2,1H3. The van der Waals surface area contributed by atoms with Gasteiger partial charge in [0.2, 0.25) is 0 Å². The summed E-state index contributed by atoms with van der Waals surface area (Å²) in [5, 5.41) is 12.1. The van der Waals surface area contributed by atoms with Gasteiger partial charge in [0.15, 0.2) is 5.78 Å². The summed E-state index contributed by atoms with van der Waals surface area (Å²) in [6, 6.07) is 28.6. The summed E-state index contributed by atoms with van der Waals surface area (Å²) in [5.41, 5.74) is 6.07. The third-order valence-corrected chi connectivity index (χ3v) is 7.66. The molecule has 1 unspecified atom stereocenters. The van der Waals surface area contributed by atoms with E-state index < -0.39 is 6.10 Å². The predicted octanol–water partition coefficient (Wildman–Crippen LogP) is 5.99. The normalized spacial score (nSPS) is 14.2. The highest BCUT2D eigenvalue weighted by atomic mass is 16.5. The number of H-pyrrole nitrogens is 1. The zero-order valence-corrected chi connectivity index (χ0v) is 23.5. The molecule has 210 valence electrons. The highest BCUT2D eigenvalue weighted by molar-refractivity contribution is 6.07. The van der Waals surface area contributed by atoms with Gasteiger partial charge in [0.1, 0.15) is 11.9 Å². The average molecular weight is 557 g/mol. The van der Waals surface area contributed by atoms with Crippen molar-refractivity contribution in [1.82, 2.24) is 9.88 Å². The van der Waals surface area contributed by atoms with Crippen LogP contribution in [0.25, 0.3) is 22.0 Å². The molecule has 0 spiro atoms. The molecule has 0 aliphatic carbocycles. The Kier molecular flexibility index (Phi) is 8.16. The Morgan fingerprint density at radius 1 is 0.976 bits per heavy atom. The Hall–Kier alpha value is -4.67. The third-order valence-electron chi connectivity index (χ3n) is 7.66. The summed E-state index contributed by atoms with van der Waals surface area (Å²) in [7, 11) is 1.68. The van der Waals surface area contributed by atoms with Crippen LogP contribution >= 0.6 is 0 Å². The highest BCUT2D eigenvalue weighted by Gasteiger charge is 2.24. The van der Waals surface area contributed by atoms with Gasteiger partial charge in [-0.15, -0.1) is 0 Å². The number of aliphatic hydroxyl groups excluding tert-OH is 1. The van der Waals surface area contributed by atoms with E-state index in [1.165, 1.54) is 0 Å². The molecule has 4 aromatic carbocycles. The number of aromatic amines is 1. The van der Waals surface area contributed by atoms with Gasteiger partial charge in [-0.25, -0.2) is 0 Å². The summed E-state index contributed by atoms with van der Waals surface area (Å²) in [4.78, 5) is 19.3. The van der Waals surface area contributed by atoms with Crippen molar-refractivity contribution in [3.8, 4) is 28.7 Å². The fourth-order valence-electron chi connectivity index (χ4n) is 5.40. The first-order valence-corrected chi connectivity index (χ1v) is 14.1. The minimum absolute atomic E-state index is 0.374. The molecule has 0 saturated carbocycles. The van der Waals surface area contributed by atoms with E-state index in [0.29, 0.717) is 22.3 Å². The number of fused-ring (bicyclic) bond motifs is 1. The predicted molar refractivity (Wildman–Crippen MR) is 165 cm³/mol. The number of aliphatic hydroxyl groups is 1. The summed E-state index contributed by atoms with van der Waals surface area (Å²) in [6.45, 7) is 4.08. The summed E-state index contributed by atoms with van der Waals surface area (Å²) in [6.07, 6.45) is 0.604. The minimum Gasteiger partial charge on any atom is -0.496 e.